The molecule has 0 spiro atoms. The van der Waals surface area contributed by atoms with E-state index < -0.39 is 23.9 Å². The number of esters is 4. The van der Waals surface area contributed by atoms with E-state index in [-0.39, 0.29) is 33.8 Å². The highest BCUT2D eigenvalue weighted by Crippen LogP contribution is 2.30. The van der Waals surface area contributed by atoms with Gasteiger partial charge in [0, 0.05) is 5.56 Å². The van der Waals surface area contributed by atoms with Crippen LogP contribution in [-0.4, -0.2) is 37.1 Å². The van der Waals surface area contributed by atoms with Crippen LogP contribution in [0, 0.1) is 6.92 Å². The smallest absolute Gasteiger partial charge is 0.343 e. The van der Waals surface area contributed by atoms with Crippen molar-refractivity contribution in [1.29, 1.82) is 0 Å². The minimum atomic E-state index is -0.664. The zero-order chi connectivity index (χ0) is 54.6. The van der Waals surface area contributed by atoms with E-state index in [0.717, 1.165) is 37.2 Å². The van der Waals surface area contributed by atoms with Gasteiger partial charge in [-0.05, 0) is 129 Å². The first kappa shape index (κ1) is 61.4. The van der Waals surface area contributed by atoms with Crippen molar-refractivity contribution in [2.24, 2.45) is 0 Å². The Morgan fingerprint density at radius 2 is 0.519 bits per heavy atom. The molecule has 416 valence electrons. The van der Waals surface area contributed by atoms with Gasteiger partial charge in [-0.25, -0.2) is 19.2 Å². The van der Waals surface area contributed by atoms with Gasteiger partial charge < -0.3 is 28.4 Å². The monoisotopic (exact) mass is 1050 g/mol. The lowest BCUT2D eigenvalue weighted by molar-refractivity contribution is 0.0712. The van der Waals surface area contributed by atoms with Crippen LogP contribution in [0.15, 0.2) is 115 Å². The number of carbonyl (C=O) groups excluding carboxylic acids is 4. The molecule has 0 radical (unpaired) electrons. The minimum Gasteiger partial charge on any atom is -0.494 e. The maximum atomic E-state index is 13.2. The summed E-state index contributed by atoms with van der Waals surface area (Å²) in [6.07, 6.45) is 36.7. The van der Waals surface area contributed by atoms with Crippen LogP contribution in [0.4, 0.5) is 0 Å². The van der Waals surface area contributed by atoms with Gasteiger partial charge in [0.25, 0.3) is 0 Å². The summed E-state index contributed by atoms with van der Waals surface area (Å²) < 4.78 is 34.3. The van der Waals surface area contributed by atoms with Gasteiger partial charge >= 0.3 is 23.9 Å². The molecule has 10 heteroatoms. The van der Waals surface area contributed by atoms with E-state index in [1.807, 2.05) is 0 Å². The SMILES string of the molecule is CCCCCCCCCCCCCCCCOc1ccc(OC(=O)c2ccc(C(=O)Oc3cccc(OC(=O)c4ccc(C(=O)Oc5ccc(OCCCCCCCCCCCCCCCC)cc5)cc4)c3C)cc2)cc1. The van der Waals surface area contributed by atoms with Gasteiger partial charge in [-0.15, -0.1) is 0 Å². The van der Waals surface area contributed by atoms with Crippen molar-refractivity contribution in [3.63, 3.8) is 0 Å². The standard InChI is InChI=1S/C67H88O10/c1-4-6-8-10-12-14-16-18-20-22-24-26-28-30-51-72-58-43-47-60(48-44-58)74-64(68)54-35-39-56(40-36-54)66(70)76-62-33-32-34-63(53(62)3)77-67(71)57-41-37-55(38-42-57)65(69)75-61-49-45-59(46-50-61)73-52-31-29-27-25-23-21-19-17-15-13-11-9-7-5-2/h32-50H,4-31,51-52H2,1-3H3. The first-order valence-corrected chi connectivity index (χ1v) is 29.4. The first-order valence-electron chi connectivity index (χ1n) is 29.4. The highest BCUT2D eigenvalue weighted by atomic mass is 16.6. The fraction of sp³-hybridized carbons (Fsp3) is 0.493. The van der Waals surface area contributed by atoms with Gasteiger partial charge in [-0.2, -0.15) is 0 Å². The Kier molecular flexibility index (Phi) is 29.8. The molecule has 0 saturated carbocycles. The Hall–Kier alpha value is -6.42. The summed E-state index contributed by atoms with van der Waals surface area (Å²) in [6.45, 7) is 7.50. The number of hydrogen-bond acceptors (Lipinski definition) is 10. The van der Waals surface area contributed by atoms with Crippen LogP contribution < -0.4 is 28.4 Å². The molecule has 5 aromatic rings. The molecule has 77 heavy (non-hydrogen) atoms. The van der Waals surface area contributed by atoms with Gasteiger partial charge in [0.15, 0.2) is 0 Å². The van der Waals surface area contributed by atoms with Crippen LogP contribution in [0.5, 0.6) is 34.5 Å². The summed E-state index contributed by atoms with van der Waals surface area (Å²) in [5.74, 6) is 0.119. The normalized spacial score (nSPS) is 11.0. The summed E-state index contributed by atoms with van der Waals surface area (Å²) in [6, 6.07) is 30.7. The van der Waals surface area contributed by atoms with Gasteiger partial charge in [-0.3, -0.25) is 0 Å². The first-order chi connectivity index (χ1) is 37.7. The molecule has 0 N–H and O–H groups in total. The average molecular weight is 1050 g/mol. The molecule has 0 aliphatic heterocycles. The van der Waals surface area contributed by atoms with Crippen molar-refractivity contribution in [1.82, 2.24) is 0 Å². The molecule has 0 saturated heterocycles. The van der Waals surface area contributed by atoms with E-state index in [9.17, 15) is 19.2 Å². The van der Waals surface area contributed by atoms with E-state index in [1.54, 1.807) is 73.7 Å². The molecule has 0 atom stereocenters. The Labute approximate surface area is 460 Å². The van der Waals surface area contributed by atoms with Crippen LogP contribution in [-0.2, 0) is 0 Å². The molecule has 0 unspecified atom stereocenters. The Bertz CT molecular complexity index is 2260. The summed E-state index contributed by atoms with van der Waals surface area (Å²) in [5.41, 5.74) is 1.36. The molecule has 0 fully saturated rings. The molecule has 0 aromatic heterocycles. The highest BCUT2D eigenvalue weighted by molar-refractivity contribution is 5.96. The van der Waals surface area contributed by atoms with E-state index in [1.165, 1.54) is 203 Å². The van der Waals surface area contributed by atoms with Gasteiger partial charge in [0.05, 0.1) is 35.5 Å². The predicted octanol–water partition coefficient (Wildman–Crippen LogP) is 18.6. The molecule has 5 aromatic carbocycles. The Morgan fingerprint density at radius 1 is 0.286 bits per heavy atom. The number of unbranched alkanes of at least 4 members (excludes halogenated alkanes) is 26. The molecule has 0 aliphatic carbocycles. The summed E-state index contributed by atoms with van der Waals surface area (Å²) in [4.78, 5) is 52.3. The fourth-order valence-corrected chi connectivity index (χ4v) is 9.13. The second-order valence-electron chi connectivity index (χ2n) is 20.4. The van der Waals surface area contributed by atoms with Crippen molar-refractivity contribution in [3.05, 3.63) is 143 Å². The summed E-state index contributed by atoms with van der Waals surface area (Å²) in [5, 5.41) is 0. The molecular weight excluding hydrogens is 965 g/mol. The molecule has 0 heterocycles. The Balaban J connectivity index is 0.942. The zero-order valence-electron chi connectivity index (χ0n) is 46.8. The molecular formula is C67H88O10. The largest absolute Gasteiger partial charge is 0.494 e. The maximum absolute atomic E-state index is 13.2. The van der Waals surface area contributed by atoms with Crippen LogP contribution in [0.2, 0.25) is 0 Å². The Morgan fingerprint density at radius 3 is 0.792 bits per heavy atom. The van der Waals surface area contributed by atoms with Gasteiger partial charge in [0.1, 0.15) is 34.5 Å². The lowest BCUT2D eigenvalue weighted by Gasteiger charge is -2.12. The van der Waals surface area contributed by atoms with Gasteiger partial charge in [0.2, 0.25) is 0 Å². The quantitative estimate of drug-likeness (QED) is 0.0213. The molecule has 0 aliphatic rings. The predicted molar refractivity (Wildman–Crippen MR) is 308 cm³/mol. The topological polar surface area (TPSA) is 124 Å². The maximum Gasteiger partial charge on any atom is 0.343 e. The van der Waals surface area contributed by atoms with E-state index in [4.69, 9.17) is 28.4 Å². The van der Waals surface area contributed by atoms with Crippen molar-refractivity contribution >= 4 is 23.9 Å². The third-order valence-corrected chi connectivity index (χ3v) is 14.0. The lowest BCUT2D eigenvalue weighted by atomic mass is 10.0. The highest BCUT2D eigenvalue weighted by Gasteiger charge is 2.18. The number of rotatable bonds is 40. The third kappa shape index (κ3) is 24.6. The number of hydrogen-bond donors (Lipinski definition) is 0. The van der Waals surface area contributed by atoms with E-state index in [2.05, 4.69) is 13.8 Å². The van der Waals surface area contributed by atoms with Crippen LogP contribution in [0.3, 0.4) is 0 Å². The second kappa shape index (κ2) is 37.4. The molecule has 5 rings (SSSR count). The lowest BCUT2D eigenvalue weighted by Crippen LogP contribution is -2.13. The summed E-state index contributed by atoms with van der Waals surface area (Å²) >= 11 is 0. The second-order valence-corrected chi connectivity index (χ2v) is 20.4. The molecule has 0 amide bonds. The average Bonchev–Trinajstić information content (AvgIpc) is 3.45. The van der Waals surface area contributed by atoms with Crippen LogP contribution in [0.1, 0.15) is 241 Å². The van der Waals surface area contributed by atoms with Crippen molar-refractivity contribution < 1.29 is 47.6 Å². The number of carbonyl (C=O) groups is 4. The molecule has 10 nitrogen and oxygen atoms in total. The van der Waals surface area contributed by atoms with Crippen molar-refractivity contribution in [2.45, 2.75) is 201 Å². The molecule has 0 bridgehead atoms. The van der Waals surface area contributed by atoms with Crippen LogP contribution >= 0.6 is 0 Å². The van der Waals surface area contributed by atoms with Crippen molar-refractivity contribution in [3.8, 4) is 34.5 Å². The fourth-order valence-electron chi connectivity index (χ4n) is 9.13. The van der Waals surface area contributed by atoms with Crippen molar-refractivity contribution in [2.75, 3.05) is 13.2 Å². The van der Waals surface area contributed by atoms with Gasteiger partial charge in [-0.1, -0.05) is 187 Å². The zero-order valence-corrected chi connectivity index (χ0v) is 46.8. The summed E-state index contributed by atoms with van der Waals surface area (Å²) in [7, 11) is 0. The number of benzene rings is 5. The van der Waals surface area contributed by atoms with Crippen LogP contribution in [0.25, 0.3) is 0 Å². The van der Waals surface area contributed by atoms with E-state index in [0.29, 0.717) is 30.3 Å². The number of ether oxygens (including phenoxy) is 6. The van der Waals surface area contributed by atoms with E-state index >= 15 is 0 Å². The third-order valence-electron chi connectivity index (χ3n) is 14.0. The minimum absolute atomic E-state index is 0.193.